The van der Waals surface area contributed by atoms with Gasteiger partial charge in [0.15, 0.2) is 0 Å². The quantitative estimate of drug-likeness (QED) is 0.266. The molecule has 0 aromatic heterocycles. The number of imide groups is 2. The highest BCUT2D eigenvalue weighted by Crippen LogP contribution is 2.31. The lowest BCUT2D eigenvalue weighted by molar-refractivity contribution is -0.122. The van der Waals surface area contributed by atoms with E-state index >= 15 is 0 Å². The van der Waals surface area contributed by atoms with Crippen molar-refractivity contribution in [3.8, 4) is 5.75 Å². The van der Waals surface area contributed by atoms with Crippen LogP contribution >= 0.6 is 22.6 Å². The van der Waals surface area contributed by atoms with Gasteiger partial charge in [-0.2, -0.15) is 0 Å². The molecule has 0 radical (unpaired) electrons. The van der Waals surface area contributed by atoms with E-state index in [-0.39, 0.29) is 11.4 Å². The SMILES string of the molecule is COc1cc(/C=C2\C(=O)NC(=O)N(c3ccc(C)cc3)C2=O)cc(I)c1Cc1ccccc1F. The van der Waals surface area contributed by atoms with Crippen LogP contribution in [0.2, 0.25) is 0 Å². The highest BCUT2D eigenvalue weighted by Gasteiger charge is 2.36. The van der Waals surface area contributed by atoms with Gasteiger partial charge in [-0.15, -0.1) is 0 Å². The summed E-state index contributed by atoms with van der Waals surface area (Å²) in [5.41, 5.74) is 3.00. The van der Waals surface area contributed by atoms with Gasteiger partial charge in [0.05, 0.1) is 12.8 Å². The van der Waals surface area contributed by atoms with Crippen LogP contribution in [0.25, 0.3) is 6.08 Å². The van der Waals surface area contributed by atoms with E-state index in [1.165, 1.54) is 19.3 Å². The summed E-state index contributed by atoms with van der Waals surface area (Å²) in [6.45, 7) is 1.89. The Morgan fingerprint density at radius 1 is 1.06 bits per heavy atom. The first-order valence-corrected chi connectivity index (χ1v) is 11.4. The van der Waals surface area contributed by atoms with Gasteiger partial charge < -0.3 is 4.74 Å². The molecule has 1 aliphatic heterocycles. The molecular formula is C26H20FIN2O4. The van der Waals surface area contributed by atoms with E-state index in [4.69, 9.17) is 4.74 Å². The average molecular weight is 570 g/mol. The number of amides is 4. The number of carbonyl (C=O) groups excluding carboxylic acids is 3. The largest absolute Gasteiger partial charge is 0.496 e. The number of aryl methyl sites for hydroxylation is 1. The minimum Gasteiger partial charge on any atom is -0.496 e. The van der Waals surface area contributed by atoms with Gasteiger partial charge in [-0.25, -0.2) is 14.1 Å². The fourth-order valence-corrected chi connectivity index (χ4v) is 4.47. The molecule has 4 amide bonds. The second-order valence-corrected chi connectivity index (χ2v) is 8.91. The Morgan fingerprint density at radius 3 is 2.44 bits per heavy atom. The van der Waals surface area contributed by atoms with Gasteiger partial charge in [0.25, 0.3) is 11.8 Å². The number of ether oxygens (including phenoxy) is 1. The molecule has 0 saturated carbocycles. The molecule has 4 rings (SSSR count). The maximum absolute atomic E-state index is 14.2. The van der Waals surface area contributed by atoms with Crippen molar-refractivity contribution in [1.29, 1.82) is 0 Å². The Morgan fingerprint density at radius 2 is 1.76 bits per heavy atom. The minimum atomic E-state index is -0.802. The molecule has 8 heteroatoms. The second kappa shape index (κ2) is 9.76. The Labute approximate surface area is 209 Å². The Bertz CT molecular complexity index is 1340. The number of hydrogen-bond acceptors (Lipinski definition) is 4. The highest BCUT2D eigenvalue weighted by molar-refractivity contribution is 14.1. The summed E-state index contributed by atoms with van der Waals surface area (Å²) >= 11 is 2.12. The number of nitrogens with one attached hydrogen (secondary N) is 1. The Hall–Kier alpha value is -3.53. The smallest absolute Gasteiger partial charge is 0.335 e. The summed E-state index contributed by atoms with van der Waals surface area (Å²) in [6, 6.07) is 16.0. The molecule has 3 aromatic carbocycles. The lowest BCUT2D eigenvalue weighted by atomic mass is 10.00. The number of benzene rings is 3. The van der Waals surface area contributed by atoms with Crippen molar-refractivity contribution in [1.82, 2.24) is 5.32 Å². The van der Waals surface area contributed by atoms with Gasteiger partial charge in [-0.3, -0.25) is 14.9 Å². The van der Waals surface area contributed by atoms with E-state index < -0.39 is 17.8 Å². The summed E-state index contributed by atoms with van der Waals surface area (Å²) in [5, 5.41) is 2.22. The normalized spacial score (nSPS) is 15.0. The van der Waals surface area contributed by atoms with Gasteiger partial charge in [0.2, 0.25) is 0 Å². The highest BCUT2D eigenvalue weighted by atomic mass is 127. The van der Waals surface area contributed by atoms with Crippen LogP contribution in [-0.2, 0) is 16.0 Å². The van der Waals surface area contributed by atoms with Gasteiger partial charge in [-0.1, -0.05) is 35.9 Å². The number of hydrogen-bond donors (Lipinski definition) is 1. The summed E-state index contributed by atoms with van der Waals surface area (Å²) in [5.74, 6) is -1.31. The molecule has 6 nitrogen and oxygen atoms in total. The zero-order valence-corrected chi connectivity index (χ0v) is 20.6. The van der Waals surface area contributed by atoms with Crippen LogP contribution in [-0.4, -0.2) is 25.0 Å². The Kier molecular flexibility index (Phi) is 6.78. The molecule has 34 heavy (non-hydrogen) atoms. The predicted molar refractivity (Wildman–Crippen MR) is 135 cm³/mol. The molecule has 1 fully saturated rings. The third kappa shape index (κ3) is 4.72. The zero-order chi connectivity index (χ0) is 24.4. The fourth-order valence-electron chi connectivity index (χ4n) is 3.65. The molecule has 0 aliphatic carbocycles. The monoisotopic (exact) mass is 570 g/mol. The topological polar surface area (TPSA) is 75.7 Å². The van der Waals surface area contributed by atoms with Gasteiger partial charge in [0.1, 0.15) is 17.1 Å². The maximum atomic E-state index is 14.2. The van der Waals surface area contributed by atoms with Gasteiger partial charge in [-0.05, 0) is 77.0 Å². The molecule has 1 saturated heterocycles. The number of rotatable bonds is 5. The van der Waals surface area contributed by atoms with Crippen molar-refractivity contribution in [2.75, 3.05) is 12.0 Å². The molecule has 1 heterocycles. The molecule has 0 atom stereocenters. The fraction of sp³-hybridized carbons (Fsp3) is 0.115. The van der Waals surface area contributed by atoms with Crippen LogP contribution in [0.15, 0.2) is 66.2 Å². The standard InChI is InChI=1S/C26H20FIN2O4/c1-15-7-9-18(10-8-15)30-25(32)20(24(31)29-26(30)33)11-16-12-22(28)19(23(13-16)34-2)14-17-5-3-4-6-21(17)27/h3-13H,14H2,1-2H3,(H,29,31,33)/b20-11+. The van der Waals surface area contributed by atoms with Crippen molar-refractivity contribution in [3.63, 3.8) is 0 Å². The molecular weight excluding hydrogens is 550 g/mol. The van der Waals surface area contributed by atoms with Crippen molar-refractivity contribution >= 4 is 52.2 Å². The van der Waals surface area contributed by atoms with Crippen LogP contribution in [0.5, 0.6) is 5.75 Å². The molecule has 0 spiro atoms. The number of halogens is 2. The number of carbonyl (C=O) groups is 3. The first-order chi connectivity index (χ1) is 16.3. The summed E-state index contributed by atoms with van der Waals surface area (Å²) in [6.07, 6.45) is 1.74. The van der Waals surface area contributed by atoms with Crippen molar-refractivity contribution < 1.29 is 23.5 Å². The molecule has 0 bridgehead atoms. The first kappa shape index (κ1) is 23.6. The van der Waals surface area contributed by atoms with Crippen LogP contribution in [0.3, 0.4) is 0 Å². The Balaban J connectivity index is 1.71. The van der Waals surface area contributed by atoms with Crippen LogP contribution < -0.4 is 15.0 Å². The number of barbiturate groups is 1. The third-order valence-electron chi connectivity index (χ3n) is 5.43. The zero-order valence-electron chi connectivity index (χ0n) is 18.4. The molecule has 0 unspecified atom stereocenters. The lowest BCUT2D eigenvalue weighted by Gasteiger charge is -2.26. The maximum Gasteiger partial charge on any atom is 0.335 e. The predicted octanol–water partition coefficient (Wildman–Crippen LogP) is 5.00. The summed E-state index contributed by atoms with van der Waals surface area (Å²) in [7, 11) is 1.50. The second-order valence-electron chi connectivity index (χ2n) is 7.75. The average Bonchev–Trinajstić information content (AvgIpc) is 2.80. The first-order valence-electron chi connectivity index (χ1n) is 10.4. The molecule has 172 valence electrons. The van der Waals surface area contributed by atoms with Crippen LogP contribution in [0, 0.1) is 16.3 Å². The van der Waals surface area contributed by atoms with E-state index in [2.05, 4.69) is 27.9 Å². The molecule has 3 aromatic rings. The lowest BCUT2D eigenvalue weighted by Crippen LogP contribution is -2.54. The molecule has 1 aliphatic rings. The van der Waals surface area contributed by atoms with Crippen molar-refractivity contribution in [2.24, 2.45) is 0 Å². The summed E-state index contributed by atoms with van der Waals surface area (Å²) in [4.78, 5) is 39.0. The molecule has 1 N–H and O–H groups in total. The third-order valence-corrected chi connectivity index (χ3v) is 6.39. The van der Waals surface area contributed by atoms with E-state index in [9.17, 15) is 18.8 Å². The van der Waals surface area contributed by atoms with Gasteiger partial charge in [0, 0.05) is 15.6 Å². The minimum absolute atomic E-state index is 0.181. The van der Waals surface area contributed by atoms with Gasteiger partial charge >= 0.3 is 6.03 Å². The number of nitrogens with zero attached hydrogens (tertiary/aromatic N) is 1. The van der Waals surface area contributed by atoms with E-state index in [0.717, 1.165) is 19.6 Å². The number of methoxy groups -OCH3 is 1. The number of urea groups is 1. The number of anilines is 1. The summed E-state index contributed by atoms with van der Waals surface area (Å²) < 4.78 is 20.5. The van der Waals surface area contributed by atoms with Crippen LogP contribution in [0.1, 0.15) is 22.3 Å². The van der Waals surface area contributed by atoms with Crippen molar-refractivity contribution in [2.45, 2.75) is 13.3 Å². The van der Waals surface area contributed by atoms with Crippen molar-refractivity contribution in [3.05, 3.63) is 97.9 Å². The van der Waals surface area contributed by atoms with E-state index in [1.807, 2.05) is 6.92 Å². The van der Waals surface area contributed by atoms with E-state index in [1.54, 1.807) is 54.6 Å². The van der Waals surface area contributed by atoms with E-state index in [0.29, 0.717) is 29.0 Å². The van der Waals surface area contributed by atoms with Crippen LogP contribution in [0.4, 0.5) is 14.9 Å².